The van der Waals surface area contributed by atoms with Crippen molar-refractivity contribution in [3.63, 3.8) is 0 Å². The van der Waals surface area contributed by atoms with Crippen LogP contribution < -0.4 is 0 Å². The highest BCUT2D eigenvalue weighted by Gasteiger charge is 2.29. The van der Waals surface area contributed by atoms with Gasteiger partial charge in [-0.15, -0.1) is 0 Å². The van der Waals surface area contributed by atoms with Gasteiger partial charge >= 0.3 is 11.9 Å². The van der Waals surface area contributed by atoms with Crippen LogP contribution in [0.2, 0.25) is 0 Å². The maximum atomic E-state index is 11.7. The van der Waals surface area contributed by atoms with Gasteiger partial charge in [-0.1, -0.05) is 26.7 Å². The summed E-state index contributed by atoms with van der Waals surface area (Å²) < 4.78 is 21.4. The molecule has 0 aliphatic rings. The van der Waals surface area contributed by atoms with Crippen molar-refractivity contribution in [2.24, 2.45) is 5.41 Å². The molecule has 0 N–H and O–H groups in total. The van der Waals surface area contributed by atoms with E-state index in [0.29, 0.717) is 52.1 Å². The molecule has 0 amide bonds. The van der Waals surface area contributed by atoms with E-state index in [1.807, 2.05) is 6.92 Å². The molecule has 0 saturated carbocycles. The molecule has 0 aromatic carbocycles. The lowest BCUT2D eigenvalue weighted by atomic mass is 9.81. The zero-order valence-electron chi connectivity index (χ0n) is 17.5. The molecule has 7 heteroatoms. The molecular weight excluding hydrogens is 376 g/mol. The van der Waals surface area contributed by atoms with E-state index in [9.17, 15) is 14.4 Å². The van der Waals surface area contributed by atoms with Gasteiger partial charge in [-0.2, -0.15) is 0 Å². The lowest BCUT2D eigenvalue weighted by Gasteiger charge is -2.32. The van der Waals surface area contributed by atoms with Gasteiger partial charge in [0.25, 0.3) is 0 Å². The summed E-state index contributed by atoms with van der Waals surface area (Å²) in [6, 6.07) is 0. The number of rotatable bonds is 19. The Morgan fingerprint density at radius 2 is 1.28 bits per heavy atom. The summed E-state index contributed by atoms with van der Waals surface area (Å²) in [6.07, 6.45) is 6.47. The van der Waals surface area contributed by atoms with Crippen LogP contribution in [-0.2, 0) is 33.3 Å². The fraction of sp³-hybridized carbons (Fsp3) is 0.591. The van der Waals surface area contributed by atoms with Gasteiger partial charge in [-0.05, 0) is 18.9 Å². The van der Waals surface area contributed by atoms with E-state index in [4.69, 9.17) is 18.9 Å². The Morgan fingerprint density at radius 3 is 1.66 bits per heavy atom. The number of ether oxygens (including phenoxy) is 4. The minimum Gasteiger partial charge on any atom is -0.462 e. The standard InChI is InChI=1S/C22H34O7/c1-5-19(23)11-12-22(8-4,17-26-13-9-15-28-20(24)6-2)18-27-14-10-16-29-21(25)7-3/h5-7H,1-3,8-18H2,4H3. The minimum atomic E-state index is -0.456. The molecule has 0 unspecified atom stereocenters. The molecule has 0 fully saturated rings. The fourth-order valence-corrected chi connectivity index (χ4v) is 2.42. The van der Waals surface area contributed by atoms with E-state index in [1.165, 1.54) is 6.08 Å². The van der Waals surface area contributed by atoms with Gasteiger partial charge in [0.05, 0.1) is 26.4 Å². The van der Waals surface area contributed by atoms with E-state index in [1.54, 1.807) is 0 Å². The number of carbonyl (C=O) groups is 3. The van der Waals surface area contributed by atoms with E-state index < -0.39 is 11.9 Å². The minimum absolute atomic E-state index is 0.0181. The molecule has 7 nitrogen and oxygen atoms in total. The summed E-state index contributed by atoms with van der Waals surface area (Å²) in [7, 11) is 0. The highest BCUT2D eigenvalue weighted by Crippen LogP contribution is 2.29. The largest absolute Gasteiger partial charge is 0.462 e. The van der Waals surface area contributed by atoms with Crippen molar-refractivity contribution in [1.82, 2.24) is 0 Å². The van der Waals surface area contributed by atoms with Crippen molar-refractivity contribution in [2.75, 3.05) is 39.6 Å². The van der Waals surface area contributed by atoms with E-state index in [0.717, 1.165) is 18.6 Å². The smallest absolute Gasteiger partial charge is 0.330 e. The molecule has 29 heavy (non-hydrogen) atoms. The molecule has 0 aliphatic heterocycles. The Hall–Kier alpha value is -2.25. The predicted octanol–water partition coefficient (Wildman–Crippen LogP) is 3.19. The van der Waals surface area contributed by atoms with E-state index in [-0.39, 0.29) is 24.4 Å². The molecule has 0 aliphatic carbocycles. The number of esters is 2. The second kappa shape index (κ2) is 16.7. The van der Waals surface area contributed by atoms with Crippen molar-refractivity contribution >= 4 is 17.7 Å². The predicted molar refractivity (Wildman–Crippen MR) is 110 cm³/mol. The Morgan fingerprint density at radius 1 is 0.793 bits per heavy atom. The first-order valence-electron chi connectivity index (χ1n) is 9.82. The molecule has 0 aromatic heterocycles. The van der Waals surface area contributed by atoms with Crippen LogP contribution in [-0.4, -0.2) is 57.4 Å². The van der Waals surface area contributed by atoms with Crippen LogP contribution in [0.5, 0.6) is 0 Å². The zero-order valence-corrected chi connectivity index (χ0v) is 17.5. The normalized spacial score (nSPS) is 10.8. The summed E-state index contributed by atoms with van der Waals surface area (Å²) in [5.74, 6) is -0.929. The number of allylic oxidation sites excluding steroid dienone is 1. The molecular formula is C22H34O7. The Bertz CT molecular complexity index is 507. The van der Waals surface area contributed by atoms with Gasteiger partial charge in [0, 0.05) is 50.0 Å². The summed E-state index contributed by atoms with van der Waals surface area (Å²) >= 11 is 0. The van der Waals surface area contributed by atoms with Gasteiger partial charge < -0.3 is 18.9 Å². The molecule has 0 radical (unpaired) electrons. The Kier molecular flexibility index (Phi) is 15.4. The molecule has 0 spiro atoms. The summed E-state index contributed by atoms with van der Waals surface area (Å²) in [6.45, 7) is 14.5. The molecule has 164 valence electrons. The van der Waals surface area contributed by atoms with Crippen LogP contribution >= 0.6 is 0 Å². The van der Waals surface area contributed by atoms with Crippen LogP contribution in [0.25, 0.3) is 0 Å². The third kappa shape index (κ3) is 13.5. The lowest BCUT2D eigenvalue weighted by molar-refractivity contribution is -0.139. The van der Waals surface area contributed by atoms with E-state index >= 15 is 0 Å². The topological polar surface area (TPSA) is 88.1 Å². The molecule has 0 aromatic rings. The third-order valence-electron chi connectivity index (χ3n) is 4.38. The maximum Gasteiger partial charge on any atom is 0.330 e. The summed E-state index contributed by atoms with van der Waals surface area (Å²) in [4.78, 5) is 33.7. The van der Waals surface area contributed by atoms with Gasteiger partial charge in [-0.25, -0.2) is 9.59 Å². The van der Waals surface area contributed by atoms with Crippen LogP contribution in [0.3, 0.4) is 0 Å². The number of carbonyl (C=O) groups excluding carboxylic acids is 3. The van der Waals surface area contributed by atoms with Gasteiger partial charge in [-0.3, -0.25) is 4.79 Å². The van der Waals surface area contributed by atoms with Crippen molar-refractivity contribution in [1.29, 1.82) is 0 Å². The molecule has 0 rings (SSSR count). The second-order valence-corrected chi connectivity index (χ2v) is 6.58. The van der Waals surface area contributed by atoms with Gasteiger partial charge in [0.15, 0.2) is 5.78 Å². The highest BCUT2D eigenvalue weighted by atomic mass is 16.5. The van der Waals surface area contributed by atoms with Crippen molar-refractivity contribution in [2.45, 2.75) is 39.0 Å². The Balaban J connectivity index is 4.43. The van der Waals surface area contributed by atoms with Crippen LogP contribution in [0.15, 0.2) is 38.0 Å². The monoisotopic (exact) mass is 410 g/mol. The van der Waals surface area contributed by atoms with Crippen LogP contribution in [0.4, 0.5) is 0 Å². The molecule has 0 heterocycles. The summed E-state index contributed by atoms with van der Waals surface area (Å²) in [5, 5.41) is 0. The second-order valence-electron chi connectivity index (χ2n) is 6.58. The zero-order chi connectivity index (χ0) is 22.0. The van der Waals surface area contributed by atoms with Crippen LogP contribution in [0, 0.1) is 5.41 Å². The van der Waals surface area contributed by atoms with Gasteiger partial charge in [0.2, 0.25) is 0 Å². The first kappa shape index (κ1) is 26.8. The average Bonchev–Trinajstić information content (AvgIpc) is 2.75. The lowest BCUT2D eigenvalue weighted by Crippen LogP contribution is -2.33. The average molecular weight is 411 g/mol. The van der Waals surface area contributed by atoms with Crippen molar-refractivity contribution < 1.29 is 33.3 Å². The quantitative estimate of drug-likeness (QED) is 0.184. The molecule has 0 saturated heterocycles. The first-order valence-corrected chi connectivity index (χ1v) is 9.82. The third-order valence-corrected chi connectivity index (χ3v) is 4.38. The number of hydrogen-bond acceptors (Lipinski definition) is 7. The Labute approximate surface area is 173 Å². The van der Waals surface area contributed by atoms with E-state index in [2.05, 4.69) is 19.7 Å². The number of hydrogen-bond donors (Lipinski definition) is 0. The SMILES string of the molecule is C=CC(=O)CCC(CC)(COCCCOC(=O)C=C)COCCCOC(=O)C=C. The maximum absolute atomic E-state index is 11.7. The fourth-order valence-electron chi connectivity index (χ4n) is 2.42. The highest BCUT2D eigenvalue weighted by molar-refractivity contribution is 5.89. The van der Waals surface area contributed by atoms with Crippen molar-refractivity contribution in [3.05, 3.63) is 38.0 Å². The molecule has 0 bridgehead atoms. The van der Waals surface area contributed by atoms with Gasteiger partial charge in [0.1, 0.15) is 0 Å². The number of ketones is 1. The first-order chi connectivity index (χ1) is 13.9. The summed E-state index contributed by atoms with van der Waals surface area (Å²) in [5.41, 5.74) is -0.311. The van der Waals surface area contributed by atoms with Crippen LogP contribution in [0.1, 0.15) is 39.0 Å². The molecule has 0 atom stereocenters. The van der Waals surface area contributed by atoms with Crippen molar-refractivity contribution in [3.8, 4) is 0 Å².